The van der Waals surface area contributed by atoms with Crippen LogP contribution in [-0.4, -0.2) is 18.4 Å². The van der Waals surface area contributed by atoms with E-state index in [0.717, 1.165) is 12.1 Å². The lowest BCUT2D eigenvalue weighted by atomic mass is 10.3. The third-order valence-electron chi connectivity index (χ3n) is 2.87. The van der Waals surface area contributed by atoms with Crippen LogP contribution >= 0.6 is 0 Å². The Hall–Kier alpha value is -2.61. The Morgan fingerprint density at radius 2 is 1.73 bits per heavy atom. The quantitative estimate of drug-likeness (QED) is 0.805. The predicted octanol–water partition coefficient (Wildman–Crippen LogP) is 2.71. The smallest absolute Gasteiger partial charge is 0.262 e. The van der Waals surface area contributed by atoms with Crippen molar-refractivity contribution >= 4 is 26.9 Å². The maximum absolute atomic E-state index is 13.6. The normalized spacial score (nSPS) is 11.5. The molecule has 0 spiro atoms. The van der Waals surface area contributed by atoms with Crippen LogP contribution in [0.3, 0.4) is 0 Å². The molecule has 0 unspecified atom stereocenters. The third-order valence-corrected chi connectivity index (χ3v) is 4.26. The molecule has 0 aliphatic rings. The molecule has 2 aromatic carbocycles. The highest BCUT2D eigenvalue weighted by Gasteiger charge is 2.20. The van der Waals surface area contributed by atoms with Crippen molar-refractivity contribution in [2.45, 2.75) is 4.90 Å². The van der Waals surface area contributed by atoms with Crippen LogP contribution in [0.2, 0.25) is 0 Å². The van der Waals surface area contributed by atoms with Crippen LogP contribution in [0.25, 0.3) is 11.0 Å². The standard InChI is InChI=1S/C14H9F2N3O2S/c15-9-5-6-13(10(16)7-9)22(20,21)19-14-8-17-11-3-1-2-4-12(11)18-14/h1-8H,(H,18,19). The summed E-state index contributed by atoms with van der Waals surface area (Å²) in [5, 5.41) is 0. The Morgan fingerprint density at radius 1 is 1.00 bits per heavy atom. The van der Waals surface area contributed by atoms with Crippen molar-refractivity contribution in [1.82, 2.24) is 9.97 Å². The predicted molar refractivity (Wildman–Crippen MR) is 76.7 cm³/mol. The summed E-state index contributed by atoms with van der Waals surface area (Å²) in [5.74, 6) is -2.09. The Labute approximate surface area is 124 Å². The van der Waals surface area contributed by atoms with Crippen LogP contribution in [0, 0.1) is 11.6 Å². The summed E-state index contributed by atoms with van der Waals surface area (Å²) in [4.78, 5) is 7.47. The summed E-state index contributed by atoms with van der Waals surface area (Å²) < 4.78 is 52.8. The highest BCUT2D eigenvalue weighted by Crippen LogP contribution is 2.19. The molecule has 0 aliphatic carbocycles. The zero-order valence-corrected chi connectivity index (χ0v) is 11.8. The molecule has 22 heavy (non-hydrogen) atoms. The van der Waals surface area contributed by atoms with Crippen molar-refractivity contribution in [2.75, 3.05) is 4.72 Å². The van der Waals surface area contributed by atoms with Crippen LogP contribution in [0.15, 0.2) is 53.6 Å². The van der Waals surface area contributed by atoms with Crippen molar-refractivity contribution in [2.24, 2.45) is 0 Å². The van der Waals surface area contributed by atoms with Crippen molar-refractivity contribution in [3.63, 3.8) is 0 Å². The van der Waals surface area contributed by atoms with Crippen LogP contribution in [0.4, 0.5) is 14.6 Å². The Kier molecular flexibility index (Phi) is 3.45. The van der Waals surface area contributed by atoms with E-state index in [1.807, 2.05) is 0 Å². The molecule has 0 amide bonds. The first-order valence-electron chi connectivity index (χ1n) is 6.15. The van der Waals surface area contributed by atoms with E-state index >= 15 is 0 Å². The second-order valence-electron chi connectivity index (χ2n) is 4.42. The lowest BCUT2D eigenvalue weighted by Crippen LogP contribution is -2.15. The second-order valence-corrected chi connectivity index (χ2v) is 6.08. The molecule has 0 bridgehead atoms. The molecule has 0 saturated heterocycles. The molecule has 1 aromatic heterocycles. The van der Waals surface area contributed by atoms with Gasteiger partial charge >= 0.3 is 0 Å². The van der Waals surface area contributed by atoms with E-state index in [1.165, 1.54) is 6.20 Å². The first kappa shape index (κ1) is 14.3. The lowest BCUT2D eigenvalue weighted by molar-refractivity contribution is 0.551. The largest absolute Gasteiger partial charge is 0.266 e. The Balaban J connectivity index is 1.99. The molecular formula is C14H9F2N3O2S. The van der Waals surface area contributed by atoms with Gasteiger partial charge < -0.3 is 0 Å². The van der Waals surface area contributed by atoms with Crippen molar-refractivity contribution in [1.29, 1.82) is 0 Å². The second kappa shape index (κ2) is 5.30. The van der Waals surface area contributed by atoms with Gasteiger partial charge in [0.25, 0.3) is 10.0 Å². The van der Waals surface area contributed by atoms with Gasteiger partial charge in [0.05, 0.1) is 17.2 Å². The van der Waals surface area contributed by atoms with Crippen molar-refractivity contribution < 1.29 is 17.2 Å². The topological polar surface area (TPSA) is 72.0 Å². The van der Waals surface area contributed by atoms with Gasteiger partial charge in [0.15, 0.2) is 5.82 Å². The fourth-order valence-corrected chi connectivity index (χ4v) is 2.94. The highest BCUT2D eigenvalue weighted by atomic mass is 32.2. The van der Waals surface area contributed by atoms with E-state index in [4.69, 9.17) is 0 Å². The molecule has 3 rings (SSSR count). The number of nitrogens with one attached hydrogen (secondary N) is 1. The third kappa shape index (κ3) is 2.73. The van der Waals surface area contributed by atoms with E-state index in [9.17, 15) is 17.2 Å². The number of rotatable bonds is 3. The summed E-state index contributed by atoms with van der Waals surface area (Å²) in [6.45, 7) is 0. The molecule has 0 aliphatic heterocycles. The molecule has 0 atom stereocenters. The molecule has 3 aromatic rings. The number of anilines is 1. The first-order valence-corrected chi connectivity index (χ1v) is 7.64. The van der Waals surface area contributed by atoms with Gasteiger partial charge in [0.2, 0.25) is 0 Å². The Morgan fingerprint density at radius 3 is 2.45 bits per heavy atom. The summed E-state index contributed by atoms with van der Waals surface area (Å²) in [6.07, 6.45) is 1.22. The van der Waals surface area contributed by atoms with Crippen LogP contribution in [0.1, 0.15) is 0 Å². The number of para-hydroxylation sites is 2. The van der Waals surface area contributed by atoms with Gasteiger partial charge in [-0.25, -0.2) is 22.2 Å². The van der Waals surface area contributed by atoms with E-state index < -0.39 is 26.6 Å². The van der Waals surface area contributed by atoms with Gasteiger partial charge in [-0.15, -0.1) is 0 Å². The number of nitrogens with zero attached hydrogens (tertiary/aromatic N) is 2. The van der Waals surface area contributed by atoms with E-state index in [-0.39, 0.29) is 5.82 Å². The average molecular weight is 321 g/mol. The summed E-state index contributed by atoms with van der Waals surface area (Å²) in [7, 11) is -4.22. The number of benzene rings is 2. The number of halogens is 2. The minimum absolute atomic E-state index is 0.0533. The molecule has 1 heterocycles. The molecule has 0 fully saturated rings. The fourth-order valence-electron chi connectivity index (χ4n) is 1.89. The molecule has 8 heteroatoms. The molecule has 0 radical (unpaired) electrons. The van der Waals surface area contributed by atoms with Gasteiger partial charge in [-0.1, -0.05) is 12.1 Å². The number of sulfonamides is 1. The van der Waals surface area contributed by atoms with Gasteiger partial charge in [-0.05, 0) is 24.3 Å². The summed E-state index contributed by atoms with van der Waals surface area (Å²) >= 11 is 0. The zero-order chi connectivity index (χ0) is 15.7. The first-order chi connectivity index (χ1) is 10.5. The zero-order valence-electron chi connectivity index (χ0n) is 11.0. The molecule has 5 nitrogen and oxygen atoms in total. The van der Waals surface area contributed by atoms with Gasteiger partial charge in [0.1, 0.15) is 16.5 Å². The average Bonchev–Trinajstić information content (AvgIpc) is 2.46. The molecule has 112 valence electrons. The highest BCUT2D eigenvalue weighted by molar-refractivity contribution is 7.92. The summed E-state index contributed by atoms with van der Waals surface area (Å²) in [5.41, 5.74) is 1.08. The van der Waals surface area contributed by atoms with E-state index in [2.05, 4.69) is 14.7 Å². The van der Waals surface area contributed by atoms with Crippen LogP contribution in [0.5, 0.6) is 0 Å². The summed E-state index contributed by atoms with van der Waals surface area (Å²) in [6, 6.07) is 9.11. The monoisotopic (exact) mass is 321 g/mol. The van der Waals surface area contributed by atoms with Crippen molar-refractivity contribution in [3.8, 4) is 0 Å². The minimum atomic E-state index is -4.22. The molecule has 0 saturated carbocycles. The van der Waals surface area contributed by atoms with Gasteiger partial charge in [0, 0.05) is 6.07 Å². The molecule has 1 N–H and O–H groups in total. The number of fused-ring (bicyclic) bond motifs is 1. The lowest BCUT2D eigenvalue weighted by Gasteiger charge is -2.08. The minimum Gasteiger partial charge on any atom is -0.262 e. The maximum atomic E-state index is 13.6. The number of hydrogen-bond acceptors (Lipinski definition) is 4. The van der Waals surface area contributed by atoms with E-state index in [0.29, 0.717) is 17.1 Å². The van der Waals surface area contributed by atoms with Gasteiger partial charge in [-0.2, -0.15) is 0 Å². The Bertz CT molecular complexity index is 961. The fraction of sp³-hybridized carbons (Fsp3) is 0. The van der Waals surface area contributed by atoms with E-state index in [1.54, 1.807) is 24.3 Å². The van der Waals surface area contributed by atoms with Gasteiger partial charge in [-0.3, -0.25) is 9.71 Å². The number of aromatic nitrogens is 2. The van der Waals surface area contributed by atoms with Crippen LogP contribution < -0.4 is 4.72 Å². The SMILES string of the molecule is O=S(=O)(Nc1cnc2ccccc2n1)c1ccc(F)cc1F. The maximum Gasteiger partial charge on any atom is 0.266 e. The number of hydrogen-bond donors (Lipinski definition) is 1. The van der Waals surface area contributed by atoms with Crippen molar-refractivity contribution in [3.05, 3.63) is 60.3 Å². The van der Waals surface area contributed by atoms with Crippen LogP contribution in [-0.2, 0) is 10.0 Å². The molecular weight excluding hydrogens is 312 g/mol.